The highest BCUT2D eigenvalue weighted by Crippen LogP contribution is 2.27. The van der Waals surface area contributed by atoms with E-state index in [1.54, 1.807) is 42.5 Å². The molecule has 27 heavy (non-hydrogen) atoms. The molecule has 1 heterocycles. The monoisotopic (exact) mass is 416 g/mol. The highest BCUT2D eigenvalue weighted by molar-refractivity contribution is 6.42. The SMILES string of the molecule is O=C(Nc1ccc(-c2nc3cc(Cl)ccc3o2)cc1)c1ccc(Cl)c(Cl)c1. The first kappa shape index (κ1) is 17.9. The largest absolute Gasteiger partial charge is 0.436 e. The van der Waals surface area contributed by atoms with Gasteiger partial charge in [0.25, 0.3) is 5.91 Å². The lowest BCUT2D eigenvalue weighted by Crippen LogP contribution is -2.11. The second-order valence-corrected chi connectivity index (χ2v) is 7.04. The van der Waals surface area contributed by atoms with Gasteiger partial charge in [-0.05, 0) is 60.7 Å². The minimum atomic E-state index is -0.280. The molecule has 0 saturated heterocycles. The maximum Gasteiger partial charge on any atom is 0.255 e. The van der Waals surface area contributed by atoms with Crippen LogP contribution in [0.1, 0.15) is 10.4 Å². The highest BCUT2D eigenvalue weighted by atomic mass is 35.5. The topological polar surface area (TPSA) is 55.1 Å². The van der Waals surface area contributed by atoms with Crippen LogP contribution in [0.15, 0.2) is 65.1 Å². The van der Waals surface area contributed by atoms with Crippen LogP contribution in [0, 0.1) is 0 Å². The lowest BCUT2D eigenvalue weighted by atomic mass is 10.2. The van der Waals surface area contributed by atoms with Crippen LogP contribution in [0.2, 0.25) is 15.1 Å². The van der Waals surface area contributed by atoms with Gasteiger partial charge in [0.1, 0.15) is 5.52 Å². The molecule has 0 fully saturated rings. The average Bonchev–Trinajstić information content (AvgIpc) is 3.07. The number of nitrogens with one attached hydrogen (secondary N) is 1. The number of anilines is 1. The molecule has 3 aromatic carbocycles. The third kappa shape index (κ3) is 3.78. The number of aromatic nitrogens is 1. The first-order valence-electron chi connectivity index (χ1n) is 7.92. The molecule has 7 heteroatoms. The lowest BCUT2D eigenvalue weighted by Gasteiger charge is -2.06. The first-order chi connectivity index (χ1) is 13.0. The van der Waals surface area contributed by atoms with Crippen LogP contribution in [0.4, 0.5) is 5.69 Å². The molecule has 1 aromatic heterocycles. The van der Waals surface area contributed by atoms with Crippen molar-refractivity contribution < 1.29 is 9.21 Å². The molecule has 4 aromatic rings. The van der Waals surface area contributed by atoms with Gasteiger partial charge in [0, 0.05) is 21.8 Å². The zero-order valence-corrected chi connectivity index (χ0v) is 15.9. The zero-order valence-electron chi connectivity index (χ0n) is 13.7. The number of carbonyl (C=O) groups excluding carboxylic acids is 1. The second-order valence-electron chi connectivity index (χ2n) is 5.79. The van der Waals surface area contributed by atoms with Crippen molar-refractivity contribution in [2.75, 3.05) is 5.32 Å². The highest BCUT2D eigenvalue weighted by Gasteiger charge is 2.11. The Morgan fingerprint density at radius 3 is 2.41 bits per heavy atom. The molecule has 0 aliphatic heterocycles. The number of hydrogen-bond acceptors (Lipinski definition) is 3. The van der Waals surface area contributed by atoms with Gasteiger partial charge in [-0.2, -0.15) is 0 Å². The number of fused-ring (bicyclic) bond motifs is 1. The summed E-state index contributed by atoms with van der Waals surface area (Å²) in [4.78, 5) is 16.8. The van der Waals surface area contributed by atoms with E-state index in [4.69, 9.17) is 39.2 Å². The summed E-state index contributed by atoms with van der Waals surface area (Å²) < 4.78 is 5.74. The molecule has 1 N–H and O–H groups in total. The van der Waals surface area contributed by atoms with Crippen LogP contribution in [0.25, 0.3) is 22.6 Å². The zero-order chi connectivity index (χ0) is 19.0. The molecule has 0 spiro atoms. The summed E-state index contributed by atoms with van der Waals surface area (Å²) in [6, 6.07) is 17.2. The minimum Gasteiger partial charge on any atom is -0.436 e. The summed E-state index contributed by atoms with van der Waals surface area (Å²) in [5.41, 5.74) is 3.19. The summed E-state index contributed by atoms with van der Waals surface area (Å²) in [5.74, 6) is 0.201. The van der Waals surface area contributed by atoms with Crippen LogP contribution >= 0.6 is 34.8 Å². The van der Waals surface area contributed by atoms with Crippen LogP contribution in [0.3, 0.4) is 0 Å². The van der Waals surface area contributed by atoms with E-state index in [1.807, 2.05) is 12.1 Å². The molecule has 4 rings (SSSR count). The number of amides is 1. The molecular weight excluding hydrogens is 407 g/mol. The van der Waals surface area contributed by atoms with E-state index >= 15 is 0 Å². The van der Waals surface area contributed by atoms with Gasteiger partial charge in [-0.25, -0.2) is 4.98 Å². The van der Waals surface area contributed by atoms with E-state index in [2.05, 4.69) is 10.3 Å². The van der Waals surface area contributed by atoms with Gasteiger partial charge in [0.05, 0.1) is 10.0 Å². The summed E-state index contributed by atoms with van der Waals surface area (Å²) in [7, 11) is 0. The van der Waals surface area contributed by atoms with Crippen molar-refractivity contribution in [3.05, 3.63) is 81.3 Å². The number of halogens is 3. The van der Waals surface area contributed by atoms with Gasteiger partial charge in [0.15, 0.2) is 5.58 Å². The Morgan fingerprint density at radius 1 is 0.889 bits per heavy atom. The summed E-state index contributed by atoms with van der Waals surface area (Å²) >= 11 is 17.8. The van der Waals surface area contributed by atoms with Gasteiger partial charge in [0.2, 0.25) is 5.89 Å². The maximum absolute atomic E-state index is 12.3. The van der Waals surface area contributed by atoms with Gasteiger partial charge in [-0.1, -0.05) is 34.8 Å². The standard InChI is InChI=1S/C20H11Cl3N2O2/c21-13-4-8-18-17(10-13)25-20(27-18)11-1-5-14(6-2-11)24-19(26)12-3-7-15(22)16(23)9-12/h1-10H,(H,24,26). The Hall–Kier alpha value is -2.53. The summed E-state index contributed by atoms with van der Waals surface area (Å²) in [6.45, 7) is 0. The number of nitrogens with zero attached hydrogens (tertiary/aromatic N) is 1. The second kappa shape index (κ2) is 7.24. The Balaban J connectivity index is 1.54. The van der Waals surface area contributed by atoms with E-state index in [1.165, 1.54) is 6.07 Å². The van der Waals surface area contributed by atoms with Crippen molar-refractivity contribution >= 4 is 57.5 Å². The van der Waals surface area contributed by atoms with Gasteiger partial charge >= 0.3 is 0 Å². The normalized spacial score (nSPS) is 10.9. The van der Waals surface area contributed by atoms with Crippen molar-refractivity contribution in [2.45, 2.75) is 0 Å². The van der Waals surface area contributed by atoms with Gasteiger partial charge in [-0.15, -0.1) is 0 Å². The molecule has 0 unspecified atom stereocenters. The minimum absolute atomic E-state index is 0.280. The molecule has 134 valence electrons. The quantitative estimate of drug-likeness (QED) is 0.403. The smallest absolute Gasteiger partial charge is 0.255 e. The molecule has 0 radical (unpaired) electrons. The molecule has 4 nitrogen and oxygen atoms in total. The van der Waals surface area contributed by atoms with Crippen molar-refractivity contribution in [3.63, 3.8) is 0 Å². The third-order valence-electron chi connectivity index (χ3n) is 3.92. The van der Waals surface area contributed by atoms with E-state index in [9.17, 15) is 4.79 Å². The fourth-order valence-corrected chi connectivity index (χ4v) is 3.03. The van der Waals surface area contributed by atoms with Crippen LogP contribution < -0.4 is 5.32 Å². The molecule has 1 amide bonds. The van der Waals surface area contributed by atoms with E-state index < -0.39 is 0 Å². The number of oxazole rings is 1. The van der Waals surface area contributed by atoms with Crippen molar-refractivity contribution in [2.24, 2.45) is 0 Å². The van der Waals surface area contributed by atoms with Crippen molar-refractivity contribution in [1.82, 2.24) is 4.98 Å². The molecular formula is C20H11Cl3N2O2. The first-order valence-corrected chi connectivity index (χ1v) is 9.06. The van der Waals surface area contributed by atoms with Crippen molar-refractivity contribution in [1.29, 1.82) is 0 Å². The van der Waals surface area contributed by atoms with Crippen LogP contribution in [0.5, 0.6) is 0 Å². The Kier molecular flexibility index (Phi) is 4.79. The Labute approximate surface area is 169 Å². The number of benzene rings is 3. The number of hydrogen-bond donors (Lipinski definition) is 1. The van der Waals surface area contributed by atoms with E-state index in [0.717, 1.165) is 5.56 Å². The van der Waals surface area contributed by atoms with Crippen LogP contribution in [-0.4, -0.2) is 10.9 Å². The molecule has 0 aliphatic carbocycles. The fourth-order valence-electron chi connectivity index (χ4n) is 2.56. The molecule has 0 bridgehead atoms. The number of rotatable bonds is 3. The predicted molar refractivity (Wildman–Crippen MR) is 109 cm³/mol. The predicted octanol–water partition coefficient (Wildman–Crippen LogP) is 6.71. The Bertz CT molecular complexity index is 1150. The third-order valence-corrected chi connectivity index (χ3v) is 4.90. The maximum atomic E-state index is 12.3. The van der Waals surface area contributed by atoms with E-state index in [0.29, 0.717) is 43.3 Å². The van der Waals surface area contributed by atoms with Crippen molar-refractivity contribution in [3.8, 4) is 11.5 Å². The van der Waals surface area contributed by atoms with Crippen LogP contribution in [-0.2, 0) is 0 Å². The van der Waals surface area contributed by atoms with Gasteiger partial charge < -0.3 is 9.73 Å². The summed E-state index contributed by atoms with van der Waals surface area (Å²) in [5, 5.41) is 4.14. The van der Waals surface area contributed by atoms with Gasteiger partial charge in [-0.3, -0.25) is 4.79 Å². The fraction of sp³-hybridized carbons (Fsp3) is 0. The summed E-state index contributed by atoms with van der Waals surface area (Å²) in [6.07, 6.45) is 0. The molecule has 0 atom stereocenters. The number of carbonyl (C=O) groups is 1. The Morgan fingerprint density at radius 2 is 1.67 bits per heavy atom. The lowest BCUT2D eigenvalue weighted by molar-refractivity contribution is 0.102. The van der Waals surface area contributed by atoms with E-state index in [-0.39, 0.29) is 5.91 Å². The average molecular weight is 418 g/mol. The molecule has 0 aliphatic rings. The molecule has 0 saturated carbocycles.